The number of nitrogens with one attached hydrogen (secondary N) is 1. The first kappa shape index (κ1) is 16.0. The Labute approximate surface area is 129 Å². The second-order valence-corrected chi connectivity index (χ2v) is 5.50. The van der Waals surface area contributed by atoms with E-state index in [0.29, 0.717) is 23.7 Å². The Balaban J connectivity index is 1.71. The molecule has 1 atom stereocenters. The number of amides is 1. The lowest BCUT2D eigenvalue weighted by atomic mass is 10.1. The molecule has 1 unspecified atom stereocenters. The van der Waals surface area contributed by atoms with Crippen molar-refractivity contribution in [1.29, 1.82) is 0 Å². The Bertz CT molecular complexity index is 499. The Morgan fingerprint density at radius 1 is 1.38 bits per heavy atom. The maximum Gasteiger partial charge on any atom is 0.222 e. The van der Waals surface area contributed by atoms with Crippen LogP contribution in [0.1, 0.15) is 30.9 Å². The van der Waals surface area contributed by atoms with E-state index in [0.717, 1.165) is 19.4 Å². The van der Waals surface area contributed by atoms with E-state index in [1.165, 1.54) is 5.57 Å². The molecule has 0 bridgehead atoms. The van der Waals surface area contributed by atoms with Crippen molar-refractivity contribution in [3.63, 3.8) is 0 Å². The molecule has 2 rings (SSSR count). The molecule has 0 aliphatic carbocycles. The highest BCUT2D eigenvalue weighted by Crippen LogP contribution is 2.19. The van der Waals surface area contributed by atoms with Gasteiger partial charge in [0.2, 0.25) is 5.91 Å². The van der Waals surface area contributed by atoms with Crippen LogP contribution in [0.4, 0.5) is 0 Å². The summed E-state index contributed by atoms with van der Waals surface area (Å²) >= 11 is 5.79. The standard InChI is InChI=1S/C16H20ClNO3/c17-14-3-1-13(2-4-14)15(19)11-16(20)18-8-5-12-6-9-21-10-7-12/h1-4,6,15,19H,5,7-11H2,(H,18,20). The number of carbonyl (C=O) groups excluding carboxylic acids is 1. The minimum atomic E-state index is -0.801. The predicted molar refractivity (Wildman–Crippen MR) is 82.2 cm³/mol. The largest absolute Gasteiger partial charge is 0.388 e. The second-order valence-electron chi connectivity index (χ2n) is 5.06. The lowest BCUT2D eigenvalue weighted by Crippen LogP contribution is -2.26. The number of rotatable bonds is 6. The summed E-state index contributed by atoms with van der Waals surface area (Å²) in [7, 11) is 0. The van der Waals surface area contributed by atoms with Gasteiger partial charge < -0.3 is 15.2 Å². The number of ether oxygens (including phenoxy) is 1. The molecule has 1 aliphatic rings. The number of hydrogen-bond donors (Lipinski definition) is 2. The molecule has 0 saturated carbocycles. The van der Waals surface area contributed by atoms with E-state index >= 15 is 0 Å². The summed E-state index contributed by atoms with van der Waals surface area (Å²) in [6.45, 7) is 2.02. The SMILES string of the molecule is O=C(CC(O)c1ccc(Cl)cc1)NCCC1=CCOCC1. The van der Waals surface area contributed by atoms with Crippen molar-refractivity contribution >= 4 is 17.5 Å². The number of carbonyl (C=O) groups is 1. The van der Waals surface area contributed by atoms with Crippen molar-refractivity contribution in [1.82, 2.24) is 5.32 Å². The fourth-order valence-corrected chi connectivity index (χ4v) is 2.33. The molecule has 4 nitrogen and oxygen atoms in total. The molecule has 1 aliphatic heterocycles. The zero-order valence-electron chi connectivity index (χ0n) is 11.8. The molecule has 2 N–H and O–H groups in total. The minimum absolute atomic E-state index is 0.0593. The van der Waals surface area contributed by atoms with Crippen LogP contribution in [-0.4, -0.2) is 30.8 Å². The third-order valence-corrected chi connectivity index (χ3v) is 3.71. The lowest BCUT2D eigenvalue weighted by Gasteiger charge is -2.14. The van der Waals surface area contributed by atoms with Gasteiger partial charge in [-0.3, -0.25) is 4.79 Å². The van der Waals surface area contributed by atoms with Gasteiger partial charge in [0.1, 0.15) is 0 Å². The van der Waals surface area contributed by atoms with E-state index in [1.54, 1.807) is 24.3 Å². The summed E-state index contributed by atoms with van der Waals surface area (Å²) in [5, 5.41) is 13.4. The quantitative estimate of drug-likeness (QED) is 0.794. The average molecular weight is 310 g/mol. The first-order chi connectivity index (χ1) is 10.1. The van der Waals surface area contributed by atoms with Gasteiger partial charge in [-0.25, -0.2) is 0 Å². The molecule has 1 heterocycles. The van der Waals surface area contributed by atoms with Crippen molar-refractivity contribution in [2.45, 2.75) is 25.4 Å². The van der Waals surface area contributed by atoms with Crippen molar-refractivity contribution in [3.8, 4) is 0 Å². The van der Waals surface area contributed by atoms with Crippen molar-refractivity contribution in [2.75, 3.05) is 19.8 Å². The highest BCUT2D eigenvalue weighted by atomic mass is 35.5. The van der Waals surface area contributed by atoms with Crippen LogP contribution in [0.3, 0.4) is 0 Å². The smallest absolute Gasteiger partial charge is 0.222 e. The zero-order chi connectivity index (χ0) is 15.1. The van der Waals surface area contributed by atoms with Gasteiger partial charge in [0, 0.05) is 11.6 Å². The Hall–Kier alpha value is -1.36. The van der Waals surface area contributed by atoms with Crippen LogP contribution in [0.25, 0.3) is 0 Å². The van der Waals surface area contributed by atoms with E-state index < -0.39 is 6.10 Å². The van der Waals surface area contributed by atoms with E-state index in [2.05, 4.69) is 11.4 Å². The summed E-state index contributed by atoms with van der Waals surface area (Å²) in [5.74, 6) is -0.148. The topological polar surface area (TPSA) is 58.6 Å². The molecule has 0 spiro atoms. The van der Waals surface area contributed by atoms with Gasteiger partial charge in [0.25, 0.3) is 0 Å². The zero-order valence-corrected chi connectivity index (χ0v) is 12.6. The molecular weight excluding hydrogens is 290 g/mol. The molecule has 1 aromatic rings. The van der Waals surface area contributed by atoms with Crippen molar-refractivity contribution < 1.29 is 14.6 Å². The Kier molecular flexibility index (Phi) is 6.23. The summed E-state index contributed by atoms with van der Waals surface area (Å²) in [5.41, 5.74) is 2.02. The molecule has 5 heteroatoms. The number of benzene rings is 1. The van der Waals surface area contributed by atoms with Crippen LogP contribution < -0.4 is 5.32 Å². The molecule has 1 aromatic carbocycles. The van der Waals surface area contributed by atoms with Gasteiger partial charge in [0.05, 0.1) is 25.7 Å². The van der Waals surface area contributed by atoms with E-state index in [1.807, 2.05) is 0 Å². The first-order valence-electron chi connectivity index (χ1n) is 7.11. The van der Waals surface area contributed by atoms with Gasteiger partial charge in [-0.1, -0.05) is 35.4 Å². The summed E-state index contributed by atoms with van der Waals surface area (Å²) < 4.78 is 5.23. The van der Waals surface area contributed by atoms with Crippen LogP contribution in [-0.2, 0) is 9.53 Å². The van der Waals surface area contributed by atoms with Crippen LogP contribution >= 0.6 is 11.6 Å². The Morgan fingerprint density at radius 3 is 2.81 bits per heavy atom. The van der Waals surface area contributed by atoms with Crippen molar-refractivity contribution in [3.05, 3.63) is 46.5 Å². The molecule has 114 valence electrons. The molecule has 0 aromatic heterocycles. The highest BCUT2D eigenvalue weighted by Gasteiger charge is 2.13. The Morgan fingerprint density at radius 2 is 2.14 bits per heavy atom. The minimum Gasteiger partial charge on any atom is -0.388 e. The van der Waals surface area contributed by atoms with Gasteiger partial charge in [0.15, 0.2) is 0 Å². The third-order valence-electron chi connectivity index (χ3n) is 3.46. The molecule has 0 saturated heterocycles. The van der Waals surface area contributed by atoms with Crippen LogP contribution in [0, 0.1) is 0 Å². The summed E-state index contributed by atoms with van der Waals surface area (Å²) in [4.78, 5) is 11.8. The first-order valence-corrected chi connectivity index (χ1v) is 7.49. The van der Waals surface area contributed by atoms with E-state index in [9.17, 15) is 9.90 Å². The third kappa shape index (κ3) is 5.50. The fraction of sp³-hybridized carbons (Fsp3) is 0.438. The van der Waals surface area contributed by atoms with Gasteiger partial charge >= 0.3 is 0 Å². The lowest BCUT2D eigenvalue weighted by molar-refractivity contribution is -0.123. The molecular formula is C16H20ClNO3. The molecule has 0 radical (unpaired) electrons. The molecule has 1 amide bonds. The predicted octanol–water partition coefficient (Wildman–Crippen LogP) is 2.62. The summed E-state index contributed by atoms with van der Waals surface area (Å²) in [6, 6.07) is 6.87. The maximum absolute atomic E-state index is 11.8. The molecule has 0 fully saturated rings. The van der Waals surface area contributed by atoms with E-state index in [-0.39, 0.29) is 12.3 Å². The summed E-state index contributed by atoms with van der Waals surface area (Å²) in [6.07, 6.45) is 3.10. The maximum atomic E-state index is 11.8. The van der Waals surface area contributed by atoms with Crippen molar-refractivity contribution in [2.24, 2.45) is 0 Å². The van der Waals surface area contributed by atoms with Gasteiger partial charge in [-0.2, -0.15) is 0 Å². The fourth-order valence-electron chi connectivity index (χ4n) is 2.21. The number of hydrogen-bond acceptors (Lipinski definition) is 3. The average Bonchev–Trinajstić information content (AvgIpc) is 2.49. The van der Waals surface area contributed by atoms with Gasteiger partial charge in [-0.05, 0) is 30.5 Å². The van der Waals surface area contributed by atoms with E-state index in [4.69, 9.17) is 16.3 Å². The highest BCUT2D eigenvalue weighted by molar-refractivity contribution is 6.30. The monoisotopic (exact) mass is 309 g/mol. The second kappa shape index (κ2) is 8.17. The van der Waals surface area contributed by atoms with Gasteiger partial charge in [-0.15, -0.1) is 0 Å². The number of aliphatic hydroxyl groups excluding tert-OH is 1. The number of aliphatic hydroxyl groups is 1. The van der Waals surface area contributed by atoms with Crippen LogP contribution in [0.15, 0.2) is 35.9 Å². The normalized spacial score (nSPS) is 16.2. The molecule has 21 heavy (non-hydrogen) atoms. The van der Waals surface area contributed by atoms with Crippen LogP contribution in [0.2, 0.25) is 5.02 Å². The van der Waals surface area contributed by atoms with Crippen LogP contribution in [0.5, 0.6) is 0 Å². The number of halogens is 1.